The molecule has 0 spiro atoms. The summed E-state index contributed by atoms with van der Waals surface area (Å²) in [7, 11) is 1.53. The summed E-state index contributed by atoms with van der Waals surface area (Å²) < 4.78 is 20.9. The molecule has 2 N–H and O–H groups in total. The van der Waals surface area contributed by atoms with Crippen LogP contribution in [0.15, 0.2) is 36.7 Å². The number of benzene rings is 1. The zero-order chi connectivity index (χ0) is 25.1. The first kappa shape index (κ1) is 23.0. The van der Waals surface area contributed by atoms with Gasteiger partial charge >= 0.3 is 0 Å². The normalized spacial score (nSPS) is 29.2. The number of phenolic OH excluding ortho intramolecular Hbond substituents is 1. The van der Waals surface area contributed by atoms with Crippen LogP contribution in [-0.4, -0.2) is 66.9 Å². The monoisotopic (exact) mass is 491 g/mol. The highest BCUT2D eigenvalue weighted by Crippen LogP contribution is 2.47. The van der Waals surface area contributed by atoms with Crippen LogP contribution in [0.5, 0.6) is 11.6 Å². The average Bonchev–Trinajstić information content (AvgIpc) is 3.67. The van der Waals surface area contributed by atoms with Crippen molar-refractivity contribution in [1.82, 2.24) is 30.7 Å². The van der Waals surface area contributed by atoms with E-state index in [-0.39, 0.29) is 23.4 Å². The van der Waals surface area contributed by atoms with Gasteiger partial charge in [0.15, 0.2) is 0 Å². The minimum Gasteiger partial charge on any atom is -0.507 e. The number of piperidine rings is 1. The first-order chi connectivity index (χ1) is 17.3. The second-order valence-electron chi connectivity index (χ2n) is 10.8. The van der Waals surface area contributed by atoms with E-state index in [4.69, 9.17) is 4.74 Å². The summed E-state index contributed by atoms with van der Waals surface area (Å²) in [5.74, 6) is 0.890. The highest BCUT2D eigenvalue weighted by molar-refractivity contribution is 5.74. The van der Waals surface area contributed by atoms with Gasteiger partial charge in [-0.15, -0.1) is 15.3 Å². The van der Waals surface area contributed by atoms with E-state index in [0.29, 0.717) is 29.5 Å². The van der Waals surface area contributed by atoms with E-state index >= 15 is 4.39 Å². The van der Waals surface area contributed by atoms with Gasteiger partial charge in [0.05, 0.1) is 25.5 Å². The van der Waals surface area contributed by atoms with E-state index in [0.717, 1.165) is 36.8 Å². The molecule has 2 saturated heterocycles. The number of alkyl halides is 1. The van der Waals surface area contributed by atoms with Crippen LogP contribution in [0.25, 0.3) is 22.4 Å². The standard InChI is InChI=1S/C26H30FN7O2/c1-25-8-9-26(2,33-25)23(27)20(12-25)34(17-5-6-17)24-28-14-19(30-32-24)18-7-4-15(10-21(18)35)16-11-22(36-3)31-29-13-16/h4,7,10-11,13-14,17,20,23,33,35H,5-6,8-9,12H2,1-3H3/t20-,23-,25-,26+/m1/s1. The summed E-state index contributed by atoms with van der Waals surface area (Å²) >= 11 is 0. The minimum atomic E-state index is -1.02. The third kappa shape index (κ3) is 3.93. The van der Waals surface area contributed by atoms with Gasteiger partial charge in [0.25, 0.3) is 0 Å². The molecule has 2 bridgehead atoms. The molecule has 0 unspecified atom stereocenters. The molecule has 10 heteroatoms. The summed E-state index contributed by atoms with van der Waals surface area (Å²) in [6.45, 7) is 4.18. The Morgan fingerprint density at radius 1 is 1.08 bits per heavy atom. The summed E-state index contributed by atoms with van der Waals surface area (Å²) in [5, 5.41) is 30.9. The maximum atomic E-state index is 15.8. The van der Waals surface area contributed by atoms with Gasteiger partial charge in [-0.3, -0.25) is 0 Å². The molecule has 1 saturated carbocycles. The van der Waals surface area contributed by atoms with Crippen molar-refractivity contribution in [3.8, 4) is 34.0 Å². The number of methoxy groups -OCH3 is 1. The van der Waals surface area contributed by atoms with Gasteiger partial charge in [0.1, 0.15) is 17.6 Å². The van der Waals surface area contributed by atoms with Crippen LogP contribution >= 0.6 is 0 Å². The Hall–Kier alpha value is -3.40. The number of aromatic nitrogens is 5. The van der Waals surface area contributed by atoms with Crippen molar-refractivity contribution < 1.29 is 14.2 Å². The fraction of sp³-hybridized carbons (Fsp3) is 0.500. The van der Waals surface area contributed by atoms with Crippen LogP contribution in [-0.2, 0) is 0 Å². The van der Waals surface area contributed by atoms with Crippen molar-refractivity contribution in [3.63, 3.8) is 0 Å². The lowest BCUT2D eigenvalue weighted by molar-refractivity contribution is 0.0828. The fourth-order valence-electron chi connectivity index (χ4n) is 5.92. The Balaban J connectivity index is 1.27. The van der Waals surface area contributed by atoms with Crippen molar-refractivity contribution in [2.75, 3.05) is 12.0 Å². The number of nitrogens with zero attached hydrogens (tertiary/aromatic N) is 6. The number of hydrogen-bond donors (Lipinski definition) is 2. The smallest absolute Gasteiger partial charge is 0.245 e. The number of halogens is 1. The average molecular weight is 492 g/mol. The lowest BCUT2D eigenvalue weighted by Crippen LogP contribution is -2.66. The van der Waals surface area contributed by atoms with E-state index < -0.39 is 11.7 Å². The zero-order valence-electron chi connectivity index (χ0n) is 20.6. The van der Waals surface area contributed by atoms with Crippen molar-refractivity contribution in [1.29, 1.82) is 0 Å². The molecule has 0 amide bonds. The van der Waals surface area contributed by atoms with Crippen LogP contribution in [0.3, 0.4) is 0 Å². The Morgan fingerprint density at radius 2 is 1.92 bits per heavy atom. The van der Waals surface area contributed by atoms with Gasteiger partial charge in [-0.05, 0) is 63.6 Å². The van der Waals surface area contributed by atoms with Gasteiger partial charge < -0.3 is 20.1 Å². The SMILES string of the molecule is COc1cc(-c2ccc(-c3cnc(N(C4CC4)[C@@H]4C[C@@]5(C)CC[C@](C)(N5)[C@@H]4F)nn3)c(O)c2)cnn1. The fourth-order valence-corrected chi connectivity index (χ4v) is 5.92. The van der Waals surface area contributed by atoms with Crippen molar-refractivity contribution >= 4 is 5.95 Å². The van der Waals surface area contributed by atoms with Crippen LogP contribution in [0.4, 0.5) is 10.3 Å². The van der Waals surface area contributed by atoms with Gasteiger partial charge in [-0.1, -0.05) is 6.07 Å². The maximum Gasteiger partial charge on any atom is 0.245 e. The zero-order valence-corrected chi connectivity index (χ0v) is 20.6. The summed E-state index contributed by atoms with van der Waals surface area (Å²) in [4.78, 5) is 6.67. The molecule has 3 aromatic rings. The number of phenols is 1. The minimum absolute atomic E-state index is 0.0470. The first-order valence-corrected chi connectivity index (χ1v) is 12.4. The van der Waals surface area contributed by atoms with E-state index in [9.17, 15) is 5.11 Å². The van der Waals surface area contributed by atoms with E-state index in [1.807, 2.05) is 13.0 Å². The highest BCUT2D eigenvalue weighted by Gasteiger charge is 2.58. The third-order valence-corrected chi connectivity index (χ3v) is 7.92. The predicted octanol–water partition coefficient (Wildman–Crippen LogP) is 3.69. The molecule has 3 fully saturated rings. The van der Waals surface area contributed by atoms with E-state index in [2.05, 4.69) is 42.5 Å². The number of fused-ring (bicyclic) bond motifs is 2. The maximum absolute atomic E-state index is 15.8. The molecule has 3 aliphatic rings. The molecule has 188 valence electrons. The second kappa shape index (κ2) is 8.33. The summed E-state index contributed by atoms with van der Waals surface area (Å²) in [5.41, 5.74) is 1.89. The van der Waals surface area contributed by atoms with Gasteiger partial charge in [-0.2, -0.15) is 5.10 Å². The number of ether oxygens (including phenoxy) is 1. The van der Waals surface area contributed by atoms with Gasteiger partial charge in [0, 0.05) is 34.3 Å². The Morgan fingerprint density at radius 3 is 2.61 bits per heavy atom. The molecule has 2 aromatic heterocycles. The lowest BCUT2D eigenvalue weighted by Gasteiger charge is -2.48. The van der Waals surface area contributed by atoms with Crippen molar-refractivity contribution in [2.24, 2.45) is 0 Å². The van der Waals surface area contributed by atoms with Crippen LogP contribution < -0.4 is 15.0 Å². The molecule has 4 atom stereocenters. The topological polar surface area (TPSA) is 109 Å². The summed E-state index contributed by atoms with van der Waals surface area (Å²) in [6.07, 6.45) is 6.71. The van der Waals surface area contributed by atoms with Crippen LogP contribution in [0.1, 0.15) is 46.0 Å². The molecule has 4 heterocycles. The van der Waals surface area contributed by atoms with E-state index in [1.54, 1.807) is 30.6 Å². The lowest BCUT2D eigenvalue weighted by atomic mass is 9.82. The number of nitrogens with one attached hydrogen (secondary N) is 1. The Labute approximate surface area is 209 Å². The highest BCUT2D eigenvalue weighted by atomic mass is 19.1. The number of rotatable bonds is 6. The van der Waals surface area contributed by atoms with E-state index in [1.165, 1.54) is 7.11 Å². The third-order valence-electron chi connectivity index (χ3n) is 7.92. The largest absolute Gasteiger partial charge is 0.507 e. The Kier molecular flexibility index (Phi) is 5.33. The van der Waals surface area contributed by atoms with Gasteiger partial charge in [-0.25, -0.2) is 9.37 Å². The number of hydrogen-bond acceptors (Lipinski definition) is 9. The molecule has 0 radical (unpaired) electrons. The van der Waals surface area contributed by atoms with Gasteiger partial charge in [0.2, 0.25) is 11.8 Å². The number of aromatic hydroxyl groups is 1. The van der Waals surface area contributed by atoms with Crippen molar-refractivity contribution in [3.05, 3.63) is 36.7 Å². The van der Waals surface area contributed by atoms with Crippen LogP contribution in [0, 0.1) is 0 Å². The molecule has 9 nitrogen and oxygen atoms in total. The van der Waals surface area contributed by atoms with Crippen LogP contribution in [0.2, 0.25) is 0 Å². The molecule has 2 aliphatic heterocycles. The molecule has 6 rings (SSSR count). The molecule has 36 heavy (non-hydrogen) atoms. The summed E-state index contributed by atoms with van der Waals surface area (Å²) in [6, 6.07) is 6.96. The molecular weight excluding hydrogens is 461 g/mol. The molecular formula is C26H30FN7O2. The van der Waals surface area contributed by atoms with Crippen molar-refractivity contribution in [2.45, 2.75) is 75.3 Å². The second-order valence-corrected chi connectivity index (χ2v) is 10.8. The number of anilines is 1. The Bertz CT molecular complexity index is 1290. The molecule has 1 aliphatic carbocycles. The predicted molar refractivity (Wildman–Crippen MR) is 132 cm³/mol. The molecule has 1 aromatic carbocycles. The quantitative estimate of drug-likeness (QED) is 0.533. The first-order valence-electron chi connectivity index (χ1n) is 12.4.